The number of nitroso groups, excluding NO2 is 1. The van der Waals surface area contributed by atoms with Crippen LogP contribution in [0.3, 0.4) is 0 Å². The monoisotopic (exact) mass is 437 g/mol. The molecule has 1 aliphatic heterocycles. The maximum Gasteiger partial charge on any atom is 0.152 e. The van der Waals surface area contributed by atoms with Gasteiger partial charge in [-0.3, -0.25) is 9.88 Å². The first kappa shape index (κ1) is 20.1. The predicted octanol–water partition coefficient (Wildman–Crippen LogP) is 3.99. The molecule has 3 aromatic rings. The lowest BCUT2D eigenvalue weighted by Gasteiger charge is -2.25. The van der Waals surface area contributed by atoms with Crippen LogP contribution < -0.4 is 0 Å². The van der Waals surface area contributed by atoms with Gasteiger partial charge in [0, 0.05) is 36.6 Å². The van der Waals surface area contributed by atoms with Gasteiger partial charge < -0.3 is 4.42 Å². The summed E-state index contributed by atoms with van der Waals surface area (Å²) in [5.74, 6) is 1.95. The fourth-order valence-electron chi connectivity index (χ4n) is 4.45. The summed E-state index contributed by atoms with van der Waals surface area (Å²) in [4.78, 5) is 17.3. The summed E-state index contributed by atoms with van der Waals surface area (Å²) >= 11 is 0. The van der Waals surface area contributed by atoms with Gasteiger partial charge in [0.15, 0.2) is 9.84 Å². The molecule has 2 aromatic heterocycles. The van der Waals surface area contributed by atoms with Crippen molar-refractivity contribution in [1.29, 1.82) is 0 Å². The van der Waals surface area contributed by atoms with Gasteiger partial charge >= 0.3 is 0 Å². The third-order valence-electron chi connectivity index (χ3n) is 6.17. The molecule has 1 aromatic carbocycles. The highest BCUT2D eigenvalue weighted by atomic mass is 32.2. The Morgan fingerprint density at radius 1 is 1.06 bits per heavy atom. The number of hydrogen-bond donors (Lipinski definition) is 0. The van der Waals surface area contributed by atoms with Crippen LogP contribution in [0.5, 0.6) is 0 Å². The van der Waals surface area contributed by atoms with Crippen LogP contribution in [0.25, 0.3) is 22.5 Å². The van der Waals surface area contributed by atoms with Crippen LogP contribution in [-0.4, -0.2) is 42.9 Å². The number of benzene rings is 1. The molecule has 1 saturated heterocycles. The van der Waals surface area contributed by atoms with Crippen LogP contribution in [0.4, 0.5) is 0 Å². The average molecular weight is 438 g/mol. The van der Waals surface area contributed by atoms with Crippen molar-refractivity contribution in [2.75, 3.05) is 24.6 Å². The summed E-state index contributed by atoms with van der Waals surface area (Å²) in [7, 11) is -2.92. The number of rotatable bonds is 5. The molecular weight excluding hydrogens is 414 g/mol. The van der Waals surface area contributed by atoms with E-state index in [-0.39, 0.29) is 17.5 Å². The van der Waals surface area contributed by atoms with E-state index >= 15 is 0 Å². The third-order valence-corrected chi connectivity index (χ3v) is 7.78. The number of furan rings is 1. The molecule has 0 radical (unpaired) electrons. The van der Waals surface area contributed by atoms with Gasteiger partial charge in [-0.1, -0.05) is 17.3 Å². The van der Waals surface area contributed by atoms with Crippen LogP contribution in [-0.2, 0) is 22.8 Å². The molecule has 31 heavy (non-hydrogen) atoms. The Kier molecular flexibility index (Phi) is 5.19. The highest BCUT2D eigenvalue weighted by molar-refractivity contribution is 7.91. The number of aryl methyl sites for hydroxylation is 1. The molecule has 160 valence electrons. The first-order chi connectivity index (χ1) is 15.0. The molecule has 8 heteroatoms. The maximum atomic E-state index is 11.7. The minimum absolute atomic E-state index is 0.189. The lowest BCUT2D eigenvalue weighted by molar-refractivity contribution is 0.263. The minimum Gasteiger partial charge on any atom is -0.459 e. The largest absolute Gasteiger partial charge is 0.459 e. The van der Waals surface area contributed by atoms with Crippen molar-refractivity contribution in [3.63, 3.8) is 0 Å². The molecule has 0 bridgehead atoms. The van der Waals surface area contributed by atoms with Gasteiger partial charge in [-0.15, -0.1) is 0 Å². The van der Waals surface area contributed by atoms with Gasteiger partial charge in [-0.25, -0.2) is 8.42 Å². The van der Waals surface area contributed by atoms with Gasteiger partial charge in [0.1, 0.15) is 17.6 Å². The fraction of sp³-hybridized carbons (Fsp3) is 0.348. The zero-order chi connectivity index (χ0) is 21.4. The second-order valence-corrected chi connectivity index (χ2v) is 10.5. The van der Waals surface area contributed by atoms with Crippen molar-refractivity contribution < 1.29 is 12.8 Å². The summed E-state index contributed by atoms with van der Waals surface area (Å²) in [6.07, 6.45) is 5.09. The first-order valence-electron chi connectivity index (χ1n) is 10.4. The second kappa shape index (κ2) is 8.01. The van der Waals surface area contributed by atoms with E-state index in [0.717, 1.165) is 52.2 Å². The quantitative estimate of drug-likeness (QED) is 0.560. The molecule has 5 rings (SSSR count). The summed E-state index contributed by atoms with van der Waals surface area (Å²) in [6, 6.07) is 11.8. The number of sulfone groups is 1. The zero-order valence-corrected chi connectivity index (χ0v) is 17.8. The van der Waals surface area contributed by atoms with Gasteiger partial charge in [-0.2, -0.15) is 4.91 Å². The third kappa shape index (κ3) is 4.05. The van der Waals surface area contributed by atoms with E-state index in [1.165, 1.54) is 0 Å². The topological polar surface area (TPSA) is 92.8 Å². The van der Waals surface area contributed by atoms with Gasteiger partial charge in [0.05, 0.1) is 18.1 Å². The fourth-order valence-corrected chi connectivity index (χ4v) is 5.73. The Morgan fingerprint density at radius 2 is 1.84 bits per heavy atom. The van der Waals surface area contributed by atoms with E-state index in [1.54, 1.807) is 12.4 Å². The van der Waals surface area contributed by atoms with E-state index in [1.807, 2.05) is 30.3 Å². The lowest BCUT2D eigenvalue weighted by Crippen LogP contribution is -2.39. The number of hydrogen-bond acceptors (Lipinski definition) is 7. The maximum absolute atomic E-state index is 11.7. The Labute approximate surface area is 181 Å². The molecule has 1 fully saturated rings. The minimum atomic E-state index is -2.92. The molecule has 2 aliphatic rings. The van der Waals surface area contributed by atoms with Gasteiger partial charge in [0.2, 0.25) is 0 Å². The molecule has 0 saturated carbocycles. The van der Waals surface area contributed by atoms with Crippen LogP contribution in [0.15, 0.2) is 58.4 Å². The predicted molar refractivity (Wildman–Crippen MR) is 118 cm³/mol. The Hall–Kier alpha value is -2.84. The van der Waals surface area contributed by atoms with Crippen molar-refractivity contribution in [3.8, 4) is 22.5 Å². The molecule has 3 heterocycles. The Bertz CT molecular complexity index is 1210. The van der Waals surface area contributed by atoms with Crippen molar-refractivity contribution in [2.45, 2.75) is 25.4 Å². The molecular formula is C23H23N3O4S. The second-order valence-electron chi connectivity index (χ2n) is 8.19. The van der Waals surface area contributed by atoms with Crippen molar-refractivity contribution in [2.24, 2.45) is 5.18 Å². The highest BCUT2D eigenvalue weighted by Gasteiger charge is 2.26. The van der Waals surface area contributed by atoms with Crippen LogP contribution in [0.2, 0.25) is 0 Å². The lowest BCUT2D eigenvalue weighted by atomic mass is 9.99. The van der Waals surface area contributed by atoms with Crippen LogP contribution >= 0.6 is 0 Å². The SMILES string of the molecule is O=NC1CCc2cc(-c3oc(CN4CCS(=O)(=O)CC4)cc3-c3ccncc3)ccc21. The summed E-state index contributed by atoms with van der Waals surface area (Å²) in [5.41, 5.74) is 5.09. The number of nitrogens with zero attached hydrogens (tertiary/aromatic N) is 3. The number of fused-ring (bicyclic) bond motifs is 1. The van der Waals surface area contributed by atoms with E-state index in [9.17, 15) is 13.3 Å². The summed E-state index contributed by atoms with van der Waals surface area (Å²) in [5, 5.41) is 3.25. The van der Waals surface area contributed by atoms with Crippen molar-refractivity contribution >= 4 is 9.84 Å². The van der Waals surface area contributed by atoms with Gasteiger partial charge in [-0.05, 0) is 53.8 Å². The molecule has 1 unspecified atom stereocenters. The summed E-state index contributed by atoms with van der Waals surface area (Å²) < 4.78 is 29.8. The molecule has 0 amide bonds. The standard InChI is InChI=1S/C23H23N3O4S/c27-25-22-4-2-17-13-18(1-3-20(17)22)23-21(16-5-7-24-8-6-16)14-19(30-23)15-26-9-11-31(28,29)12-10-26/h1,3,5-8,13-14,22H,2,4,9-12,15H2. The molecule has 0 spiro atoms. The average Bonchev–Trinajstić information content (AvgIpc) is 3.39. The van der Waals surface area contributed by atoms with Gasteiger partial charge in [0.25, 0.3) is 0 Å². The van der Waals surface area contributed by atoms with E-state index in [2.05, 4.69) is 21.1 Å². The number of pyridine rings is 1. The molecule has 1 atom stereocenters. The van der Waals surface area contributed by atoms with Crippen molar-refractivity contribution in [1.82, 2.24) is 9.88 Å². The zero-order valence-electron chi connectivity index (χ0n) is 17.0. The normalized spacial score (nSPS) is 20.5. The number of aromatic nitrogens is 1. The Morgan fingerprint density at radius 3 is 2.58 bits per heavy atom. The first-order valence-corrected chi connectivity index (χ1v) is 12.3. The van der Waals surface area contributed by atoms with E-state index < -0.39 is 9.84 Å². The van der Waals surface area contributed by atoms with E-state index in [0.29, 0.717) is 19.6 Å². The Balaban J connectivity index is 1.50. The molecule has 1 aliphatic carbocycles. The van der Waals surface area contributed by atoms with Crippen molar-refractivity contribution in [3.05, 3.63) is 70.6 Å². The van der Waals surface area contributed by atoms with Crippen LogP contribution in [0, 0.1) is 4.91 Å². The summed E-state index contributed by atoms with van der Waals surface area (Å²) in [6.45, 7) is 1.60. The smallest absolute Gasteiger partial charge is 0.152 e. The molecule has 0 N–H and O–H groups in total. The molecule has 7 nitrogen and oxygen atoms in total. The highest BCUT2D eigenvalue weighted by Crippen LogP contribution is 2.40. The van der Waals surface area contributed by atoms with Crippen LogP contribution in [0.1, 0.15) is 29.3 Å². The van der Waals surface area contributed by atoms with E-state index in [4.69, 9.17) is 4.42 Å².